The van der Waals surface area contributed by atoms with Crippen LogP contribution in [0.15, 0.2) is 54.6 Å². The molecule has 0 N–H and O–H groups in total. The van der Waals surface area contributed by atoms with Crippen LogP contribution in [0.3, 0.4) is 0 Å². The molecule has 0 aromatic heterocycles. The molecular formula is C27H36N2O3. The standard InChI is InChI=1S/C27H36N2O3/c1-28(21-23-6-4-3-5-7-23)24-14-19-32-27(20-24)15-17-29(18-16-27)26(30)13-10-22-8-11-25(31-2)12-9-22/h3-9,11-12,24H,10,13-21H2,1-2H3. The molecule has 172 valence electrons. The molecule has 5 nitrogen and oxygen atoms in total. The molecule has 2 aromatic carbocycles. The maximum atomic E-state index is 12.8. The van der Waals surface area contributed by atoms with Gasteiger partial charge in [0.15, 0.2) is 0 Å². The van der Waals surface area contributed by atoms with Gasteiger partial charge in [-0.3, -0.25) is 9.69 Å². The number of carbonyl (C=O) groups is 1. The molecule has 1 atom stereocenters. The van der Waals surface area contributed by atoms with Gasteiger partial charge in [-0.15, -0.1) is 0 Å². The Labute approximate surface area is 192 Å². The van der Waals surface area contributed by atoms with E-state index < -0.39 is 0 Å². The smallest absolute Gasteiger partial charge is 0.222 e. The summed E-state index contributed by atoms with van der Waals surface area (Å²) in [5.41, 5.74) is 2.46. The van der Waals surface area contributed by atoms with Gasteiger partial charge in [0.2, 0.25) is 5.91 Å². The molecule has 2 heterocycles. The zero-order valence-electron chi connectivity index (χ0n) is 19.5. The van der Waals surface area contributed by atoms with E-state index >= 15 is 0 Å². The van der Waals surface area contributed by atoms with Crippen molar-refractivity contribution in [1.29, 1.82) is 0 Å². The molecule has 2 aromatic rings. The van der Waals surface area contributed by atoms with Crippen molar-refractivity contribution >= 4 is 5.91 Å². The van der Waals surface area contributed by atoms with Crippen LogP contribution in [-0.2, 0) is 22.5 Å². The zero-order valence-corrected chi connectivity index (χ0v) is 19.5. The van der Waals surface area contributed by atoms with Crippen molar-refractivity contribution in [2.75, 3.05) is 33.9 Å². The lowest BCUT2D eigenvalue weighted by molar-refractivity contribution is -0.148. The first-order chi connectivity index (χ1) is 15.6. The molecule has 0 saturated carbocycles. The summed E-state index contributed by atoms with van der Waals surface area (Å²) >= 11 is 0. The Balaban J connectivity index is 1.25. The largest absolute Gasteiger partial charge is 0.497 e. The van der Waals surface area contributed by atoms with Crippen LogP contribution in [0, 0.1) is 0 Å². The van der Waals surface area contributed by atoms with Gasteiger partial charge in [0, 0.05) is 38.7 Å². The molecule has 1 unspecified atom stereocenters. The zero-order chi connectivity index (χ0) is 22.4. The molecule has 4 rings (SSSR count). The summed E-state index contributed by atoms with van der Waals surface area (Å²) in [5.74, 6) is 1.10. The average molecular weight is 437 g/mol. The number of benzene rings is 2. The highest BCUT2D eigenvalue weighted by Gasteiger charge is 2.41. The predicted molar refractivity (Wildman–Crippen MR) is 127 cm³/mol. The van der Waals surface area contributed by atoms with E-state index in [0.29, 0.717) is 12.5 Å². The van der Waals surface area contributed by atoms with E-state index in [9.17, 15) is 4.79 Å². The van der Waals surface area contributed by atoms with Crippen LogP contribution in [-0.4, -0.2) is 61.2 Å². The van der Waals surface area contributed by atoms with Gasteiger partial charge >= 0.3 is 0 Å². The first-order valence-corrected chi connectivity index (χ1v) is 11.9. The van der Waals surface area contributed by atoms with Crippen LogP contribution >= 0.6 is 0 Å². The number of hydrogen-bond acceptors (Lipinski definition) is 4. The maximum Gasteiger partial charge on any atom is 0.222 e. The fraction of sp³-hybridized carbons (Fsp3) is 0.519. The molecule has 1 spiro atoms. The second kappa shape index (κ2) is 10.5. The van der Waals surface area contributed by atoms with Gasteiger partial charge in [-0.2, -0.15) is 0 Å². The molecule has 2 aliphatic rings. The summed E-state index contributed by atoms with van der Waals surface area (Å²) in [7, 11) is 3.90. The van der Waals surface area contributed by atoms with Crippen LogP contribution < -0.4 is 4.74 Å². The van der Waals surface area contributed by atoms with Crippen molar-refractivity contribution in [3.05, 3.63) is 65.7 Å². The molecule has 0 radical (unpaired) electrons. The Morgan fingerprint density at radius 2 is 1.81 bits per heavy atom. The number of nitrogens with zero attached hydrogens (tertiary/aromatic N) is 2. The number of carbonyl (C=O) groups excluding carboxylic acids is 1. The van der Waals surface area contributed by atoms with Crippen molar-refractivity contribution < 1.29 is 14.3 Å². The van der Waals surface area contributed by atoms with E-state index in [4.69, 9.17) is 9.47 Å². The van der Waals surface area contributed by atoms with Gasteiger partial charge in [-0.1, -0.05) is 42.5 Å². The van der Waals surface area contributed by atoms with Crippen molar-refractivity contribution in [2.24, 2.45) is 0 Å². The topological polar surface area (TPSA) is 42.0 Å². The third-order valence-electron chi connectivity index (χ3n) is 7.18. The number of likely N-dealkylation sites (tertiary alicyclic amines) is 1. The summed E-state index contributed by atoms with van der Waals surface area (Å²) in [6.45, 7) is 3.39. The highest BCUT2D eigenvalue weighted by molar-refractivity contribution is 5.76. The highest BCUT2D eigenvalue weighted by atomic mass is 16.5. The van der Waals surface area contributed by atoms with Gasteiger partial charge in [-0.25, -0.2) is 0 Å². The van der Waals surface area contributed by atoms with Gasteiger partial charge in [-0.05, 0) is 62.4 Å². The Hall–Kier alpha value is -2.37. The van der Waals surface area contributed by atoms with Gasteiger partial charge in [0.1, 0.15) is 5.75 Å². The Bertz CT molecular complexity index is 860. The molecule has 2 fully saturated rings. The molecular weight excluding hydrogens is 400 g/mol. The molecule has 1 amide bonds. The predicted octanol–water partition coefficient (Wildman–Crippen LogP) is 4.30. The summed E-state index contributed by atoms with van der Waals surface area (Å²) in [5, 5.41) is 0. The van der Waals surface area contributed by atoms with Gasteiger partial charge in [0.25, 0.3) is 0 Å². The maximum absolute atomic E-state index is 12.8. The fourth-order valence-corrected chi connectivity index (χ4v) is 5.09. The van der Waals surface area contributed by atoms with E-state index in [-0.39, 0.29) is 11.5 Å². The average Bonchev–Trinajstić information content (AvgIpc) is 2.84. The second-order valence-electron chi connectivity index (χ2n) is 9.31. The number of amides is 1. The van der Waals surface area contributed by atoms with Gasteiger partial charge < -0.3 is 14.4 Å². The number of piperidine rings is 1. The van der Waals surface area contributed by atoms with Crippen molar-refractivity contribution in [3.63, 3.8) is 0 Å². The lowest BCUT2D eigenvalue weighted by Crippen LogP contribution is -2.54. The van der Waals surface area contributed by atoms with E-state index in [2.05, 4.69) is 42.3 Å². The summed E-state index contributed by atoms with van der Waals surface area (Å²) in [6.07, 6.45) is 5.35. The molecule has 5 heteroatoms. The molecule has 0 bridgehead atoms. The number of ether oxygens (including phenoxy) is 2. The van der Waals surface area contributed by atoms with Crippen LogP contribution in [0.5, 0.6) is 5.75 Å². The Kier molecular flexibility index (Phi) is 7.48. The number of aryl methyl sites for hydroxylation is 1. The van der Waals surface area contributed by atoms with Crippen LogP contribution in [0.25, 0.3) is 0 Å². The normalized spacial score (nSPS) is 20.5. The lowest BCUT2D eigenvalue weighted by atomic mass is 9.81. The second-order valence-corrected chi connectivity index (χ2v) is 9.31. The lowest BCUT2D eigenvalue weighted by Gasteiger charge is -2.48. The third kappa shape index (κ3) is 5.70. The molecule has 2 saturated heterocycles. The summed E-state index contributed by atoms with van der Waals surface area (Å²) in [4.78, 5) is 17.3. The van der Waals surface area contributed by atoms with Crippen molar-refractivity contribution in [2.45, 2.75) is 56.7 Å². The minimum Gasteiger partial charge on any atom is -0.497 e. The van der Waals surface area contributed by atoms with Crippen LogP contribution in [0.4, 0.5) is 0 Å². The SMILES string of the molecule is COc1ccc(CCC(=O)N2CCC3(CC2)CC(N(C)Cc2ccccc2)CCO3)cc1. The number of rotatable bonds is 7. The van der Waals surface area contributed by atoms with Crippen molar-refractivity contribution in [1.82, 2.24) is 9.80 Å². The quantitative estimate of drug-likeness (QED) is 0.649. The third-order valence-corrected chi connectivity index (χ3v) is 7.18. The van der Waals surface area contributed by atoms with Gasteiger partial charge in [0.05, 0.1) is 12.7 Å². The molecule has 0 aliphatic carbocycles. The van der Waals surface area contributed by atoms with Crippen LogP contribution in [0.1, 0.15) is 43.2 Å². The monoisotopic (exact) mass is 436 g/mol. The highest BCUT2D eigenvalue weighted by Crippen LogP contribution is 2.37. The summed E-state index contributed by atoms with van der Waals surface area (Å²) in [6, 6.07) is 19.2. The molecule has 2 aliphatic heterocycles. The Morgan fingerprint density at radius 3 is 2.50 bits per heavy atom. The number of methoxy groups -OCH3 is 1. The van der Waals surface area contributed by atoms with Crippen LogP contribution in [0.2, 0.25) is 0 Å². The van der Waals surface area contributed by atoms with E-state index in [1.807, 2.05) is 29.2 Å². The van der Waals surface area contributed by atoms with E-state index in [1.165, 1.54) is 11.1 Å². The Morgan fingerprint density at radius 1 is 1.09 bits per heavy atom. The minimum atomic E-state index is -0.0688. The first kappa shape index (κ1) is 22.8. The minimum absolute atomic E-state index is 0.0688. The summed E-state index contributed by atoms with van der Waals surface area (Å²) < 4.78 is 11.5. The first-order valence-electron chi connectivity index (χ1n) is 11.9. The van der Waals surface area contributed by atoms with E-state index in [0.717, 1.165) is 64.1 Å². The van der Waals surface area contributed by atoms with E-state index in [1.54, 1.807) is 7.11 Å². The number of hydrogen-bond donors (Lipinski definition) is 0. The fourth-order valence-electron chi connectivity index (χ4n) is 5.09. The van der Waals surface area contributed by atoms with Crippen molar-refractivity contribution in [3.8, 4) is 5.75 Å². The molecule has 32 heavy (non-hydrogen) atoms.